The van der Waals surface area contributed by atoms with Gasteiger partial charge in [-0.1, -0.05) is 182 Å². The molecule has 8 aromatic heterocycles. The Morgan fingerprint density at radius 3 is 1.05 bits per heavy atom. The number of alkyl halides is 12. The molecule has 18 rings (SSSR count). The lowest BCUT2D eigenvalue weighted by Gasteiger charge is -2.14. The third kappa shape index (κ3) is 17.6. The Kier molecular flexibility index (Phi) is 22.1. The van der Waals surface area contributed by atoms with Crippen molar-refractivity contribution in [2.24, 2.45) is 5.73 Å². The SMILES string of the molecule is FC(F)(F)c1ccccc1-c1nc(Nc2ccn[nH]2)c2ccccc2n1.FC(F)(F)c1ccccc1-c1nc(Nc2n[nH]c(-c3ccccc3)c2-c2ccccc2)c2ccccc2n1.NC(=O)c1cn[nH]c1Nc1nc(-c2ccccc2C(F)(F)F)nc2ccccc12.O=c1cc(Nc2nc(-c3ccccc3C(F)(F)F)nc3ccccc23)[nH][nH]1. The molecule has 10 aromatic carbocycles. The number of H-pyrrole nitrogens is 5. The van der Waals surface area contributed by atoms with E-state index < -0.39 is 52.9 Å². The van der Waals surface area contributed by atoms with Crippen molar-refractivity contribution in [1.82, 2.24) is 80.7 Å². The normalized spacial score (nSPS) is 11.6. The maximum atomic E-state index is 13.8. The van der Waals surface area contributed by atoms with Gasteiger partial charge in [0.05, 0.1) is 68.0 Å². The molecule has 0 saturated heterocycles. The molecule has 8 heterocycles. The van der Waals surface area contributed by atoms with E-state index in [1.165, 1.54) is 79.0 Å². The van der Waals surface area contributed by atoms with Crippen molar-refractivity contribution in [1.29, 1.82) is 0 Å². The van der Waals surface area contributed by atoms with E-state index in [2.05, 4.69) is 102 Å². The van der Waals surface area contributed by atoms with Gasteiger partial charge in [-0.2, -0.15) is 68.0 Å². The van der Waals surface area contributed by atoms with Gasteiger partial charge in [0.1, 0.15) is 46.3 Å². The summed E-state index contributed by atoms with van der Waals surface area (Å²) in [5.74, 6) is 1.88. The number of primary amides is 1. The Bertz CT molecular complexity index is 6790. The van der Waals surface area contributed by atoms with Crippen LogP contribution in [0, 0.1) is 0 Å². The summed E-state index contributed by atoms with van der Waals surface area (Å²) in [6.07, 6.45) is -15.3. The lowest BCUT2D eigenvalue weighted by atomic mass is 10.0. The largest absolute Gasteiger partial charge is 0.417 e. The number of hydrogen-bond donors (Lipinski definition) is 10. The number of aromatic amines is 5. The highest BCUT2D eigenvalue weighted by molar-refractivity contribution is 6.01. The summed E-state index contributed by atoms with van der Waals surface area (Å²) in [7, 11) is 0. The van der Waals surface area contributed by atoms with Crippen LogP contribution in [-0.4, -0.2) is 86.6 Å². The highest BCUT2D eigenvalue weighted by atomic mass is 19.4. The quantitative estimate of drug-likeness (QED) is 0.0426. The summed E-state index contributed by atoms with van der Waals surface area (Å²) in [6.45, 7) is 0. The van der Waals surface area contributed by atoms with Gasteiger partial charge >= 0.3 is 24.7 Å². The molecule has 0 unspecified atom stereocenters. The van der Waals surface area contributed by atoms with Crippen molar-refractivity contribution < 1.29 is 57.5 Å². The number of para-hydroxylation sites is 4. The maximum absolute atomic E-state index is 13.8. The number of nitrogens with one attached hydrogen (secondary N) is 9. The molecule has 18 aromatic rings. The highest BCUT2D eigenvalue weighted by Crippen LogP contribution is 2.44. The Morgan fingerprint density at radius 1 is 0.333 bits per heavy atom. The van der Waals surface area contributed by atoms with Crippen molar-refractivity contribution in [3.05, 3.63) is 317 Å². The first kappa shape index (κ1) is 79.3. The van der Waals surface area contributed by atoms with Crippen LogP contribution in [0.25, 0.3) is 112 Å². The van der Waals surface area contributed by atoms with Crippen molar-refractivity contribution in [3.8, 4) is 67.9 Å². The minimum absolute atomic E-state index is 0.00126. The Morgan fingerprint density at radius 2 is 0.683 bits per heavy atom. The second-order valence-electron chi connectivity index (χ2n) is 26.0. The van der Waals surface area contributed by atoms with Crippen LogP contribution < -0.4 is 32.6 Å². The topological polar surface area (TPSA) is 329 Å². The summed E-state index contributed by atoms with van der Waals surface area (Å²) in [6, 6.07) is 71.4. The summed E-state index contributed by atoms with van der Waals surface area (Å²) >= 11 is 0. The van der Waals surface area contributed by atoms with Gasteiger partial charge in [-0.3, -0.25) is 35.1 Å². The van der Waals surface area contributed by atoms with E-state index in [-0.39, 0.29) is 74.1 Å². The molecule has 0 saturated carbocycles. The molecule has 1 amide bonds. The number of fused-ring (bicyclic) bond motifs is 4. The Balaban J connectivity index is 0.000000126. The molecule has 598 valence electrons. The van der Waals surface area contributed by atoms with Crippen LogP contribution in [0.4, 0.5) is 99.2 Å². The smallest absolute Gasteiger partial charge is 0.365 e. The number of halogens is 12. The molecule has 0 spiro atoms. The molecule has 0 fully saturated rings. The molecule has 11 N–H and O–H groups in total. The predicted molar refractivity (Wildman–Crippen MR) is 430 cm³/mol. The molecule has 0 atom stereocenters. The van der Waals surface area contributed by atoms with Crippen LogP contribution >= 0.6 is 0 Å². The van der Waals surface area contributed by atoms with E-state index in [4.69, 9.17) is 5.73 Å². The predicted octanol–water partition coefficient (Wildman–Crippen LogP) is 20.9. The van der Waals surface area contributed by atoms with E-state index in [0.717, 1.165) is 46.6 Å². The zero-order valence-corrected chi connectivity index (χ0v) is 61.4. The van der Waals surface area contributed by atoms with Gasteiger partial charge < -0.3 is 27.0 Å². The molecular weight excluding hydrogens is 1580 g/mol. The van der Waals surface area contributed by atoms with Gasteiger partial charge in [0.25, 0.3) is 11.5 Å². The number of rotatable bonds is 15. The van der Waals surface area contributed by atoms with E-state index in [0.29, 0.717) is 72.7 Å². The summed E-state index contributed by atoms with van der Waals surface area (Å²) in [5.41, 5.74) is 6.81. The fourth-order valence-electron chi connectivity index (χ4n) is 12.8. The number of anilines is 8. The number of carbonyl (C=O) groups is 1. The van der Waals surface area contributed by atoms with Crippen LogP contribution in [0.2, 0.25) is 0 Å². The summed E-state index contributed by atoms with van der Waals surface area (Å²) in [5, 5.41) is 40.3. The second kappa shape index (κ2) is 33.5. The summed E-state index contributed by atoms with van der Waals surface area (Å²) < 4.78 is 162. The first-order chi connectivity index (χ1) is 57.8. The number of benzene rings is 10. The molecule has 0 bridgehead atoms. The number of hydrogen-bond acceptors (Lipinski definition) is 17. The minimum atomic E-state index is -4.57. The van der Waals surface area contributed by atoms with Gasteiger partial charge in [0.15, 0.2) is 29.1 Å². The number of amides is 1. The van der Waals surface area contributed by atoms with Crippen LogP contribution in [0.15, 0.2) is 284 Å². The molecule has 0 aliphatic heterocycles. The Hall–Kier alpha value is -16.0. The van der Waals surface area contributed by atoms with Crippen LogP contribution in [0.1, 0.15) is 32.6 Å². The molecule has 23 nitrogen and oxygen atoms in total. The molecular formula is C85H57F12N21O2. The number of nitrogens with two attached hydrogens (primary N) is 1. The van der Waals surface area contributed by atoms with E-state index in [1.54, 1.807) is 97.2 Å². The van der Waals surface area contributed by atoms with Crippen LogP contribution in [-0.2, 0) is 24.7 Å². The first-order valence-electron chi connectivity index (χ1n) is 35.9. The second-order valence-corrected chi connectivity index (χ2v) is 26.0. The standard InChI is InChI=1S/C30H20F3N5.C19H13F3N6O.C18H12F3N5O.C18H12F3N5/c31-30(32,33)23-17-9-7-15-21(23)27-34-24-18-10-8-16-22(24)28(35-27)36-29-25(19-11-3-1-4-12-19)26(37-38-29)20-13-5-2-6-14-20;20-19(21,22)13-7-3-1-5-10(13)16-25-14-8-4-2-6-11(14)17(26-16)27-18-12(15(23)29)9-24-28-18;19-18(20,21)12-7-3-1-5-10(12)16-22-13-8-4-2-6-11(13)17(24-16)23-14-9-15(27)26-25-14;19-18(20,21)13-7-3-1-5-11(13)16-23-14-8-4-2-6-12(14)17(25-16)24-15-9-10-22-26-15/h1-18H,(H2,34,35,36,37,38);1-9H,(H2,23,29)(H2,24,25,26,27,28);1-9H,(H3,22,23,24,25,26,27);1-10H,(H2,22,23,24,25,26). The van der Waals surface area contributed by atoms with Crippen molar-refractivity contribution in [2.45, 2.75) is 24.7 Å². The number of carbonyl (C=O) groups excluding carboxylic acids is 1. The zero-order chi connectivity index (χ0) is 83.9. The average molecular weight is 1630 g/mol. The molecule has 0 aliphatic rings. The maximum Gasteiger partial charge on any atom is 0.417 e. The molecule has 0 radical (unpaired) electrons. The van der Waals surface area contributed by atoms with Gasteiger partial charge in [-0.05, 0) is 78.4 Å². The Labute approximate surface area is 668 Å². The van der Waals surface area contributed by atoms with Crippen LogP contribution in [0.5, 0.6) is 0 Å². The highest BCUT2D eigenvalue weighted by Gasteiger charge is 2.38. The zero-order valence-electron chi connectivity index (χ0n) is 61.4. The van der Waals surface area contributed by atoms with E-state index >= 15 is 0 Å². The van der Waals surface area contributed by atoms with Crippen LogP contribution in [0.3, 0.4) is 0 Å². The van der Waals surface area contributed by atoms with Crippen molar-refractivity contribution in [3.63, 3.8) is 0 Å². The van der Waals surface area contributed by atoms with Gasteiger partial charge in [0.2, 0.25) is 0 Å². The van der Waals surface area contributed by atoms with Crippen molar-refractivity contribution >= 4 is 96.1 Å². The van der Waals surface area contributed by atoms with Gasteiger partial charge in [-0.25, -0.2) is 39.9 Å². The van der Waals surface area contributed by atoms with Gasteiger partial charge in [0, 0.05) is 61.5 Å². The third-order valence-electron chi connectivity index (χ3n) is 18.2. The van der Waals surface area contributed by atoms with E-state index in [9.17, 15) is 62.3 Å². The molecule has 0 aliphatic carbocycles. The molecule has 120 heavy (non-hydrogen) atoms. The van der Waals surface area contributed by atoms with Gasteiger partial charge in [-0.15, -0.1) is 0 Å². The minimum Gasteiger partial charge on any atom is -0.365 e. The fraction of sp³-hybridized carbons (Fsp3) is 0.0471. The lowest BCUT2D eigenvalue weighted by Crippen LogP contribution is -2.12. The summed E-state index contributed by atoms with van der Waals surface area (Å²) in [4.78, 5) is 57.8. The molecule has 35 heteroatoms. The number of nitrogens with zero attached hydrogens (tertiary/aromatic N) is 11. The third-order valence-corrected chi connectivity index (χ3v) is 18.2. The monoisotopic (exact) mass is 1630 g/mol. The average Bonchev–Trinajstić information content (AvgIpc) is 1.21. The lowest BCUT2D eigenvalue weighted by molar-refractivity contribution is -0.137. The van der Waals surface area contributed by atoms with Crippen molar-refractivity contribution in [2.75, 3.05) is 21.3 Å². The fourth-order valence-corrected chi connectivity index (χ4v) is 12.8. The first-order valence-corrected chi connectivity index (χ1v) is 35.9. The van der Waals surface area contributed by atoms with E-state index in [1.807, 2.05) is 78.9 Å². The number of aromatic nitrogens is 16.